The molecular formula is C19H14BrN3O5S. The highest BCUT2D eigenvalue weighted by Gasteiger charge is 2.18. The summed E-state index contributed by atoms with van der Waals surface area (Å²) < 4.78 is 11.0. The number of thiazole rings is 1. The average molecular weight is 476 g/mol. The maximum atomic E-state index is 12.5. The van der Waals surface area contributed by atoms with E-state index >= 15 is 0 Å². The van der Waals surface area contributed by atoms with Gasteiger partial charge in [0.05, 0.1) is 15.1 Å². The molecule has 0 spiro atoms. The molecule has 1 amide bonds. The summed E-state index contributed by atoms with van der Waals surface area (Å²) in [4.78, 5) is 28.4. The zero-order chi connectivity index (χ0) is 20.5. The third-order valence-corrected chi connectivity index (χ3v) is 6.06. The number of nitro groups is 1. The van der Waals surface area contributed by atoms with E-state index in [2.05, 4.69) is 26.2 Å². The van der Waals surface area contributed by atoms with E-state index in [0.717, 1.165) is 27.6 Å². The first kappa shape index (κ1) is 19.3. The largest absolute Gasteiger partial charge is 0.454 e. The highest BCUT2D eigenvalue weighted by atomic mass is 79.9. The summed E-state index contributed by atoms with van der Waals surface area (Å²) >= 11 is 4.48. The predicted octanol–water partition coefficient (Wildman–Crippen LogP) is 4.69. The van der Waals surface area contributed by atoms with Crippen LogP contribution in [0.1, 0.15) is 26.5 Å². The zero-order valence-corrected chi connectivity index (χ0v) is 17.5. The third-order valence-electron chi connectivity index (χ3n) is 4.32. The number of benzene rings is 2. The fourth-order valence-corrected chi connectivity index (χ4v) is 4.23. The summed E-state index contributed by atoms with van der Waals surface area (Å²) in [6.07, 6.45) is 0.639. The summed E-state index contributed by atoms with van der Waals surface area (Å²) in [5, 5.41) is 14.2. The number of aryl methyl sites for hydroxylation is 1. The maximum Gasteiger partial charge on any atom is 0.284 e. The SMILES string of the molecule is Cc1nc(NC(=O)c2ccc(Br)c([N+](=O)[O-])c2)sc1Cc1ccc2c(c1)OCO2. The van der Waals surface area contributed by atoms with Gasteiger partial charge in [-0.15, -0.1) is 11.3 Å². The molecule has 0 fully saturated rings. The fraction of sp³-hybridized carbons (Fsp3) is 0.158. The van der Waals surface area contributed by atoms with Gasteiger partial charge in [-0.3, -0.25) is 20.2 Å². The number of hydrogen-bond acceptors (Lipinski definition) is 7. The molecule has 0 aliphatic carbocycles. The van der Waals surface area contributed by atoms with Gasteiger partial charge in [0.15, 0.2) is 16.6 Å². The second-order valence-electron chi connectivity index (χ2n) is 6.27. The Morgan fingerprint density at radius 2 is 2.07 bits per heavy atom. The third kappa shape index (κ3) is 4.08. The maximum absolute atomic E-state index is 12.5. The predicted molar refractivity (Wildman–Crippen MR) is 111 cm³/mol. The monoisotopic (exact) mass is 475 g/mol. The molecule has 4 rings (SSSR count). The van der Waals surface area contributed by atoms with Crippen LogP contribution in [0, 0.1) is 17.0 Å². The van der Waals surface area contributed by atoms with Crippen molar-refractivity contribution in [3.63, 3.8) is 0 Å². The van der Waals surface area contributed by atoms with Crippen LogP contribution in [0.5, 0.6) is 11.5 Å². The van der Waals surface area contributed by atoms with Gasteiger partial charge in [0.1, 0.15) is 0 Å². The summed E-state index contributed by atoms with van der Waals surface area (Å²) in [5.74, 6) is 0.991. The number of fused-ring (bicyclic) bond motifs is 1. The van der Waals surface area contributed by atoms with Crippen LogP contribution in [0.2, 0.25) is 0 Å². The number of carbonyl (C=O) groups excluding carboxylic acids is 1. The number of nitrogens with one attached hydrogen (secondary N) is 1. The normalized spacial score (nSPS) is 12.1. The van der Waals surface area contributed by atoms with E-state index in [0.29, 0.717) is 16.0 Å². The Hall–Kier alpha value is -2.98. The van der Waals surface area contributed by atoms with Crippen molar-refractivity contribution < 1.29 is 19.2 Å². The first-order valence-corrected chi connectivity index (χ1v) is 10.1. The van der Waals surface area contributed by atoms with Crippen LogP contribution in [-0.2, 0) is 6.42 Å². The smallest absolute Gasteiger partial charge is 0.284 e. The number of amides is 1. The van der Waals surface area contributed by atoms with Crippen molar-refractivity contribution in [3.8, 4) is 11.5 Å². The van der Waals surface area contributed by atoms with Crippen LogP contribution < -0.4 is 14.8 Å². The molecule has 1 aromatic heterocycles. The first-order chi connectivity index (χ1) is 13.9. The molecule has 0 radical (unpaired) electrons. The highest BCUT2D eigenvalue weighted by Crippen LogP contribution is 2.34. The van der Waals surface area contributed by atoms with Gasteiger partial charge in [-0.1, -0.05) is 6.07 Å². The standard InChI is InChI=1S/C19H14BrN3O5S/c1-10-17(7-11-2-5-15-16(6-11)28-9-27-15)29-19(21-10)22-18(24)12-3-4-13(20)14(8-12)23(25)26/h2-6,8H,7,9H2,1H3,(H,21,22,24). The van der Waals surface area contributed by atoms with E-state index in [9.17, 15) is 14.9 Å². The molecule has 2 heterocycles. The Labute approximate surface area is 177 Å². The summed E-state index contributed by atoms with van der Waals surface area (Å²) in [7, 11) is 0. The molecule has 8 nitrogen and oxygen atoms in total. The van der Waals surface area contributed by atoms with E-state index in [1.807, 2.05) is 25.1 Å². The Kier molecular flexibility index (Phi) is 5.20. The second-order valence-corrected chi connectivity index (χ2v) is 8.21. The zero-order valence-electron chi connectivity index (χ0n) is 15.1. The number of halogens is 1. The van der Waals surface area contributed by atoms with Crippen molar-refractivity contribution in [2.24, 2.45) is 0 Å². The average Bonchev–Trinajstić information content (AvgIpc) is 3.28. The summed E-state index contributed by atoms with van der Waals surface area (Å²) in [6, 6.07) is 9.99. The topological polar surface area (TPSA) is 104 Å². The van der Waals surface area contributed by atoms with Gasteiger partial charge >= 0.3 is 0 Å². The van der Waals surface area contributed by atoms with Crippen molar-refractivity contribution in [2.45, 2.75) is 13.3 Å². The van der Waals surface area contributed by atoms with Crippen molar-refractivity contribution in [1.82, 2.24) is 4.98 Å². The van der Waals surface area contributed by atoms with Crippen LogP contribution in [0.4, 0.5) is 10.8 Å². The number of nitro benzene ring substituents is 1. The summed E-state index contributed by atoms with van der Waals surface area (Å²) in [6.45, 7) is 2.10. The lowest BCUT2D eigenvalue weighted by Crippen LogP contribution is -2.12. The molecule has 0 atom stereocenters. The number of aromatic nitrogens is 1. The van der Waals surface area contributed by atoms with Crippen molar-refractivity contribution in [2.75, 3.05) is 12.1 Å². The minimum Gasteiger partial charge on any atom is -0.454 e. The Bertz CT molecular complexity index is 1130. The van der Waals surface area contributed by atoms with Gasteiger partial charge in [-0.05, 0) is 52.7 Å². The van der Waals surface area contributed by atoms with E-state index in [1.165, 1.54) is 29.5 Å². The van der Waals surface area contributed by atoms with Gasteiger partial charge in [-0.2, -0.15) is 0 Å². The Morgan fingerprint density at radius 1 is 1.28 bits per heavy atom. The first-order valence-electron chi connectivity index (χ1n) is 8.51. The molecular weight excluding hydrogens is 462 g/mol. The van der Waals surface area contributed by atoms with Gasteiger partial charge in [0, 0.05) is 22.9 Å². The van der Waals surface area contributed by atoms with Gasteiger partial charge < -0.3 is 9.47 Å². The Balaban J connectivity index is 1.50. The molecule has 0 saturated carbocycles. The van der Waals surface area contributed by atoms with Crippen molar-refractivity contribution in [3.05, 3.63) is 72.7 Å². The number of ether oxygens (including phenoxy) is 2. The lowest BCUT2D eigenvalue weighted by Gasteiger charge is -2.03. The van der Waals surface area contributed by atoms with Crippen LogP contribution in [0.25, 0.3) is 0 Å². The Morgan fingerprint density at radius 3 is 2.86 bits per heavy atom. The number of rotatable bonds is 5. The fourth-order valence-electron chi connectivity index (χ4n) is 2.84. The lowest BCUT2D eigenvalue weighted by molar-refractivity contribution is -0.385. The molecule has 10 heteroatoms. The minimum atomic E-state index is -0.544. The molecule has 1 N–H and O–H groups in total. The van der Waals surface area contributed by atoms with Crippen LogP contribution in [0.15, 0.2) is 40.9 Å². The van der Waals surface area contributed by atoms with Crippen LogP contribution in [0.3, 0.4) is 0 Å². The van der Waals surface area contributed by atoms with Crippen molar-refractivity contribution >= 4 is 44.0 Å². The second kappa shape index (κ2) is 7.80. The molecule has 1 aliphatic heterocycles. The highest BCUT2D eigenvalue weighted by molar-refractivity contribution is 9.10. The molecule has 0 saturated heterocycles. The van der Waals surface area contributed by atoms with E-state index in [4.69, 9.17) is 9.47 Å². The molecule has 1 aliphatic rings. The number of hydrogen-bond donors (Lipinski definition) is 1. The lowest BCUT2D eigenvalue weighted by atomic mass is 10.1. The molecule has 0 bridgehead atoms. The van der Waals surface area contributed by atoms with Gasteiger partial charge in [0.2, 0.25) is 6.79 Å². The van der Waals surface area contributed by atoms with Crippen molar-refractivity contribution in [1.29, 1.82) is 0 Å². The van der Waals surface area contributed by atoms with Crippen LogP contribution >= 0.6 is 27.3 Å². The van der Waals surface area contributed by atoms with E-state index < -0.39 is 10.8 Å². The van der Waals surface area contributed by atoms with E-state index in [1.54, 1.807) is 0 Å². The molecule has 29 heavy (non-hydrogen) atoms. The van der Waals surface area contributed by atoms with E-state index in [-0.39, 0.29) is 18.0 Å². The number of nitrogens with zero attached hydrogens (tertiary/aromatic N) is 2. The summed E-state index contributed by atoms with van der Waals surface area (Å²) in [5.41, 5.74) is 1.87. The van der Waals surface area contributed by atoms with Crippen LogP contribution in [-0.4, -0.2) is 22.6 Å². The number of anilines is 1. The molecule has 3 aromatic rings. The quantitative estimate of drug-likeness (QED) is 0.423. The van der Waals surface area contributed by atoms with Gasteiger partial charge in [0.25, 0.3) is 11.6 Å². The minimum absolute atomic E-state index is 0.170. The molecule has 0 unspecified atom stereocenters. The molecule has 148 valence electrons. The molecule has 2 aromatic carbocycles. The van der Waals surface area contributed by atoms with Gasteiger partial charge in [-0.25, -0.2) is 4.98 Å². The number of carbonyl (C=O) groups is 1.